The maximum absolute atomic E-state index is 12.6. The summed E-state index contributed by atoms with van der Waals surface area (Å²) in [5.74, 6) is 1.24. The fraction of sp³-hybridized carbons (Fsp3) is 0.286. The summed E-state index contributed by atoms with van der Waals surface area (Å²) in [4.78, 5) is 16.8. The van der Waals surface area contributed by atoms with Crippen LogP contribution in [0.25, 0.3) is 11.5 Å². The highest BCUT2D eigenvalue weighted by atomic mass is 16.4. The second-order valence-electron chi connectivity index (χ2n) is 6.68. The van der Waals surface area contributed by atoms with Crippen LogP contribution in [0.5, 0.6) is 0 Å². The molecule has 0 aliphatic carbocycles. The first-order valence-electron chi connectivity index (χ1n) is 9.19. The maximum atomic E-state index is 12.6. The van der Waals surface area contributed by atoms with Crippen molar-refractivity contribution < 1.29 is 9.21 Å². The quantitative estimate of drug-likeness (QED) is 0.713. The minimum atomic E-state index is 0.0175. The van der Waals surface area contributed by atoms with Gasteiger partial charge < -0.3 is 9.32 Å². The van der Waals surface area contributed by atoms with E-state index in [0.29, 0.717) is 24.9 Å². The summed E-state index contributed by atoms with van der Waals surface area (Å²) in [6.07, 6.45) is 0. The Balaban J connectivity index is 1.38. The molecule has 2 aromatic carbocycles. The molecule has 138 valence electrons. The Morgan fingerprint density at radius 2 is 1.56 bits per heavy atom. The average molecular weight is 362 g/mol. The van der Waals surface area contributed by atoms with E-state index in [1.165, 1.54) is 0 Å². The molecule has 2 heterocycles. The summed E-state index contributed by atoms with van der Waals surface area (Å²) in [5, 5.41) is 8.41. The predicted molar refractivity (Wildman–Crippen MR) is 102 cm³/mol. The van der Waals surface area contributed by atoms with Crippen molar-refractivity contribution in [1.29, 1.82) is 0 Å². The molecule has 1 unspecified atom stereocenters. The van der Waals surface area contributed by atoms with Gasteiger partial charge in [0.1, 0.15) is 0 Å². The van der Waals surface area contributed by atoms with E-state index in [-0.39, 0.29) is 11.9 Å². The van der Waals surface area contributed by atoms with Crippen molar-refractivity contribution in [1.82, 2.24) is 20.0 Å². The van der Waals surface area contributed by atoms with Crippen LogP contribution in [0.3, 0.4) is 0 Å². The molecule has 1 atom stereocenters. The monoisotopic (exact) mass is 362 g/mol. The molecule has 6 nitrogen and oxygen atoms in total. The number of nitrogens with zero attached hydrogens (tertiary/aromatic N) is 4. The SMILES string of the molecule is CC(c1nnc(-c2ccccc2)o1)N1CCN(C(=O)c2ccccc2)CC1. The lowest BCUT2D eigenvalue weighted by Gasteiger charge is -2.36. The zero-order valence-corrected chi connectivity index (χ0v) is 15.3. The number of carbonyl (C=O) groups is 1. The van der Waals surface area contributed by atoms with Crippen LogP contribution in [-0.4, -0.2) is 52.1 Å². The highest BCUT2D eigenvalue weighted by Crippen LogP contribution is 2.24. The average Bonchev–Trinajstić information content (AvgIpc) is 3.24. The lowest BCUT2D eigenvalue weighted by Crippen LogP contribution is -2.49. The zero-order valence-electron chi connectivity index (χ0n) is 15.3. The lowest BCUT2D eigenvalue weighted by molar-refractivity contribution is 0.0559. The van der Waals surface area contributed by atoms with Crippen molar-refractivity contribution in [2.75, 3.05) is 26.2 Å². The Hall–Kier alpha value is -2.99. The number of hydrogen-bond donors (Lipinski definition) is 0. The molecule has 1 aliphatic rings. The molecular formula is C21H22N4O2. The summed E-state index contributed by atoms with van der Waals surface area (Å²) in [6, 6.07) is 19.2. The van der Waals surface area contributed by atoms with Crippen LogP contribution in [0, 0.1) is 0 Å². The zero-order chi connectivity index (χ0) is 18.6. The summed E-state index contributed by atoms with van der Waals surface area (Å²) >= 11 is 0. The second-order valence-corrected chi connectivity index (χ2v) is 6.68. The normalized spacial score (nSPS) is 16.3. The van der Waals surface area contributed by atoms with E-state index >= 15 is 0 Å². The van der Waals surface area contributed by atoms with Crippen LogP contribution in [0.4, 0.5) is 0 Å². The number of amides is 1. The van der Waals surface area contributed by atoms with Crippen LogP contribution in [0.15, 0.2) is 65.1 Å². The van der Waals surface area contributed by atoms with Gasteiger partial charge in [0.15, 0.2) is 0 Å². The molecule has 0 spiro atoms. The molecule has 1 fully saturated rings. The van der Waals surface area contributed by atoms with E-state index in [0.717, 1.165) is 24.2 Å². The maximum Gasteiger partial charge on any atom is 0.253 e. The topological polar surface area (TPSA) is 62.5 Å². The molecule has 1 saturated heterocycles. The molecule has 0 bridgehead atoms. The van der Waals surface area contributed by atoms with Crippen LogP contribution in [0.2, 0.25) is 0 Å². The third-order valence-corrected chi connectivity index (χ3v) is 4.99. The molecule has 0 N–H and O–H groups in total. The molecule has 27 heavy (non-hydrogen) atoms. The Morgan fingerprint density at radius 3 is 2.22 bits per heavy atom. The molecular weight excluding hydrogens is 340 g/mol. The standard InChI is InChI=1S/C21H22N4O2/c1-16(19-22-23-20(27-19)17-8-4-2-5-9-17)24-12-14-25(15-13-24)21(26)18-10-6-3-7-11-18/h2-11,16H,12-15H2,1H3. The largest absolute Gasteiger partial charge is 0.419 e. The van der Waals surface area contributed by atoms with Gasteiger partial charge >= 0.3 is 0 Å². The van der Waals surface area contributed by atoms with Crippen LogP contribution >= 0.6 is 0 Å². The molecule has 3 aromatic rings. The smallest absolute Gasteiger partial charge is 0.253 e. The first-order valence-corrected chi connectivity index (χ1v) is 9.19. The number of aromatic nitrogens is 2. The van der Waals surface area contributed by atoms with Gasteiger partial charge in [-0.05, 0) is 31.2 Å². The molecule has 0 saturated carbocycles. The van der Waals surface area contributed by atoms with Crippen LogP contribution in [-0.2, 0) is 0 Å². The van der Waals surface area contributed by atoms with Gasteiger partial charge in [-0.1, -0.05) is 36.4 Å². The summed E-state index contributed by atoms with van der Waals surface area (Å²) in [5.41, 5.74) is 1.66. The van der Waals surface area contributed by atoms with E-state index in [2.05, 4.69) is 22.0 Å². The minimum Gasteiger partial charge on any atom is -0.419 e. The number of hydrogen-bond acceptors (Lipinski definition) is 5. The first-order chi connectivity index (χ1) is 13.2. The number of carbonyl (C=O) groups excluding carboxylic acids is 1. The van der Waals surface area contributed by atoms with Crippen molar-refractivity contribution in [2.45, 2.75) is 13.0 Å². The predicted octanol–water partition coefficient (Wildman–Crippen LogP) is 3.26. The highest BCUT2D eigenvalue weighted by molar-refractivity contribution is 5.94. The molecule has 6 heteroatoms. The minimum absolute atomic E-state index is 0.0175. The molecule has 0 radical (unpaired) electrons. The van der Waals surface area contributed by atoms with Crippen molar-refractivity contribution in [2.24, 2.45) is 0 Å². The Kier molecular flexibility index (Phi) is 4.98. The van der Waals surface area contributed by atoms with Gasteiger partial charge in [0.25, 0.3) is 5.91 Å². The fourth-order valence-corrected chi connectivity index (χ4v) is 3.33. The van der Waals surface area contributed by atoms with E-state index in [4.69, 9.17) is 4.42 Å². The van der Waals surface area contributed by atoms with Gasteiger partial charge in [-0.2, -0.15) is 0 Å². The molecule has 1 aromatic heterocycles. The van der Waals surface area contributed by atoms with Gasteiger partial charge in [-0.3, -0.25) is 9.69 Å². The second kappa shape index (κ2) is 7.72. The molecule has 1 aliphatic heterocycles. The van der Waals surface area contributed by atoms with E-state index in [1.807, 2.05) is 65.6 Å². The van der Waals surface area contributed by atoms with E-state index in [1.54, 1.807) is 0 Å². The summed E-state index contributed by atoms with van der Waals surface area (Å²) < 4.78 is 5.88. The molecule has 1 amide bonds. The van der Waals surface area contributed by atoms with E-state index in [9.17, 15) is 4.79 Å². The van der Waals surface area contributed by atoms with Crippen LogP contribution in [0.1, 0.15) is 29.2 Å². The van der Waals surface area contributed by atoms with Crippen LogP contribution < -0.4 is 0 Å². The number of piperazine rings is 1. The third-order valence-electron chi connectivity index (χ3n) is 4.99. The van der Waals surface area contributed by atoms with E-state index < -0.39 is 0 Å². The Morgan fingerprint density at radius 1 is 0.926 bits per heavy atom. The number of rotatable bonds is 4. The van der Waals surface area contributed by atoms with Gasteiger partial charge in [-0.25, -0.2) is 0 Å². The highest BCUT2D eigenvalue weighted by Gasteiger charge is 2.28. The first kappa shape index (κ1) is 17.4. The van der Waals surface area contributed by atoms with Crippen molar-refractivity contribution in [3.05, 3.63) is 72.1 Å². The number of benzene rings is 2. The Bertz CT molecular complexity index is 887. The fourth-order valence-electron chi connectivity index (χ4n) is 3.33. The third kappa shape index (κ3) is 3.75. The van der Waals surface area contributed by atoms with Gasteiger partial charge in [-0.15, -0.1) is 10.2 Å². The van der Waals surface area contributed by atoms with Gasteiger partial charge in [0.2, 0.25) is 11.8 Å². The van der Waals surface area contributed by atoms with Gasteiger partial charge in [0.05, 0.1) is 6.04 Å². The van der Waals surface area contributed by atoms with Crippen molar-refractivity contribution in [3.8, 4) is 11.5 Å². The Labute approximate surface area is 158 Å². The summed E-state index contributed by atoms with van der Waals surface area (Å²) in [7, 11) is 0. The lowest BCUT2D eigenvalue weighted by atomic mass is 10.1. The van der Waals surface area contributed by atoms with Crippen molar-refractivity contribution in [3.63, 3.8) is 0 Å². The van der Waals surface area contributed by atoms with Crippen molar-refractivity contribution >= 4 is 5.91 Å². The summed E-state index contributed by atoms with van der Waals surface area (Å²) in [6.45, 7) is 5.01. The van der Waals surface area contributed by atoms with Gasteiger partial charge in [0, 0.05) is 37.3 Å². The molecule has 4 rings (SSSR count).